The third-order valence-electron chi connectivity index (χ3n) is 2.49. The predicted octanol–water partition coefficient (Wildman–Crippen LogP) is 2.32. The van der Waals surface area contributed by atoms with Crippen LogP contribution in [0.3, 0.4) is 0 Å². The summed E-state index contributed by atoms with van der Waals surface area (Å²) in [7, 11) is 0. The lowest BCUT2D eigenvalue weighted by atomic mass is 10.1. The summed E-state index contributed by atoms with van der Waals surface area (Å²) < 4.78 is 10.2. The number of anilines is 1. The van der Waals surface area contributed by atoms with E-state index < -0.39 is 5.97 Å². The highest BCUT2D eigenvalue weighted by atomic mass is 16.5. The van der Waals surface area contributed by atoms with E-state index in [-0.39, 0.29) is 47.5 Å². The van der Waals surface area contributed by atoms with Crippen molar-refractivity contribution in [2.45, 2.75) is 34.1 Å². The van der Waals surface area contributed by atoms with E-state index >= 15 is 0 Å². The second-order valence-electron chi connectivity index (χ2n) is 3.92. The Morgan fingerprint density at radius 1 is 1.21 bits per heavy atom. The Balaban J connectivity index is 3.30. The van der Waals surface area contributed by atoms with Gasteiger partial charge in [0.15, 0.2) is 5.78 Å². The average Bonchev–Trinajstić information content (AvgIpc) is 2.66. The number of aryl methyl sites for hydroxylation is 1. The van der Waals surface area contributed by atoms with Gasteiger partial charge in [0.25, 0.3) is 0 Å². The largest absolute Gasteiger partial charge is 0.462 e. The topological polar surface area (TPSA) is 85.6 Å². The minimum atomic E-state index is -0.684. The van der Waals surface area contributed by atoms with Gasteiger partial charge in [0.1, 0.15) is 11.3 Å². The summed E-state index contributed by atoms with van der Waals surface area (Å²) in [5, 5.41) is 2.46. The first-order valence-electron chi connectivity index (χ1n) is 6.03. The van der Waals surface area contributed by atoms with E-state index in [9.17, 15) is 14.4 Å². The van der Waals surface area contributed by atoms with E-state index in [0.29, 0.717) is 0 Å². The summed E-state index contributed by atoms with van der Waals surface area (Å²) in [6.07, 6.45) is 0.234. The van der Waals surface area contributed by atoms with Crippen LogP contribution in [0.5, 0.6) is 0 Å². The second-order valence-corrected chi connectivity index (χ2v) is 3.92. The number of amides is 1. The molecule has 0 radical (unpaired) electrons. The molecule has 1 N–H and O–H groups in total. The molecule has 0 bridgehead atoms. The molecule has 104 valence electrons. The normalized spacial score (nSPS) is 10.1. The van der Waals surface area contributed by atoms with Crippen molar-refractivity contribution in [3.8, 4) is 0 Å². The number of carbonyl (C=O) groups excluding carboxylic acids is 3. The van der Waals surface area contributed by atoms with Crippen molar-refractivity contribution in [1.29, 1.82) is 0 Å². The number of ether oxygens (including phenoxy) is 1. The zero-order chi connectivity index (χ0) is 14.6. The summed E-state index contributed by atoms with van der Waals surface area (Å²) in [6.45, 7) is 6.37. The summed E-state index contributed by atoms with van der Waals surface area (Å²) in [5.74, 6) is -1.07. The molecule has 1 aromatic rings. The lowest BCUT2D eigenvalue weighted by molar-refractivity contribution is -0.116. The summed E-state index contributed by atoms with van der Waals surface area (Å²) >= 11 is 0. The molecule has 19 heavy (non-hydrogen) atoms. The number of hydrogen-bond acceptors (Lipinski definition) is 5. The number of nitrogens with one attached hydrogen (secondary N) is 1. The molecule has 0 aromatic carbocycles. The van der Waals surface area contributed by atoms with Crippen molar-refractivity contribution in [3.63, 3.8) is 0 Å². The minimum absolute atomic E-state index is 0.0198. The van der Waals surface area contributed by atoms with Crippen LogP contribution < -0.4 is 5.32 Å². The molecule has 0 aliphatic carbocycles. The zero-order valence-corrected chi connectivity index (χ0v) is 11.5. The molecule has 0 unspecified atom stereocenters. The van der Waals surface area contributed by atoms with Crippen molar-refractivity contribution in [1.82, 2.24) is 0 Å². The van der Waals surface area contributed by atoms with E-state index in [1.165, 1.54) is 6.92 Å². The molecule has 0 atom stereocenters. The first-order valence-corrected chi connectivity index (χ1v) is 6.03. The minimum Gasteiger partial charge on any atom is -0.462 e. The highest BCUT2D eigenvalue weighted by molar-refractivity contribution is 6.10. The van der Waals surface area contributed by atoms with Gasteiger partial charge in [-0.2, -0.15) is 0 Å². The highest BCUT2D eigenvalue weighted by Gasteiger charge is 2.28. The Bertz CT molecular complexity index is 515. The van der Waals surface area contributed by atoms with Crippen LogP contribution >= 0.6 is 0 Å². The summed E-state index contributed by atoms with van der Waals surface area (Å²) in [4.78, 5) is 34.9. The summed E-state index contributed by atoms with van der Waals surface area (Å²) in [6, 6.07) is 0. The monoisotopic (exact) mass is 267 g/mol. The number of Topliss-reactive ketones (excluding diaryl/α,β-unsaturated/α-hetero) is 1. The van der Waals surface area contributed by atoms with Crippen molar-refractivity contribution in [2.24, 2.45) is 0 Å². The van der Waals surface area contributed by atoms with Gasteiger partial charge >= 0.3 is 5.97 Å². The fourth-order valence-corrected chi connectivity index (χ4v) is 1.67. The van der Waals surface area contributed by atoms with Crippen LogP contribution in [0.1, 0.15) is 53.7 Å². The Hall–Kier alpha value is -2.11. The second kappa shape index (κ2) is 6.17. The van der Waals surface area contributed by atoms with Gasteiger partial charge in [-0.1, -0.05) is 6.92 Å². The average molecular weight is 267 g/mol. The van der Waals surface area contributed by atoms with Crippen LogP contribution in [-0.4, -0.2) is 24.3 Å². The van der Waals surface area contributed by atoms with Crippen molar-refractivity contribution in [2.75, 3.05) is 11.9 Å². The van der Waals surface area contributed by atoms with Crippen LogP contribution in [0.25, 0.3) is 0 Å². The molecule has 6 heteroatoms. The molecule has 1 aromatic heterocycles. The van der Waals surface area contributed by atoms with Crippen LogP contribution in [0.4, 0.5) is 5.88 Å². The zero-order valence-electron chi connectivity index (χ0n) is 11.5. The van der Waals surface area contributed by atoms with Crippen LogP contribution in [0.15, 0.2) is 4.42 Å². The van der Waals surface area contributed by atoms with Gasteiger partial charge < -0.3 is 9.15 Å². The smallest absolute Gasteiger partial charge is 0.344 e. The molecule has 1 rings (SSSR count). The Labute approximate surface area is 111 Å². The molecular weight excluding hydrogens is 250 g/mol. The van der Waals surface area contributed by atoms with Crippen LogP contribution in [0.2, 0.25) is 0 Å². The maximum Gasteiger partial charge on any atom is 0.344 e. The van der Waals surface area contributed by atoms with Gasteiger partial charge in [-0.15, -0.1) is 0 Å². The molecular formula is C13H17NO5. The van der Waals surface area contributed by atoms with Gasteiger partial charge in [0.2, 0.25) is 11.8 Å². The van der Waals surface area contributed by atoms with Gasteiger partial charge in [0.05, 0.1) is 12.2 Å². The molecule has 6 nitrogen and oxygen atoms in total. The first kappa shape index (κ1) is 14.9. The Morgan fingerprint density at radius 2 is 1.84 bits per heavy atom. The van der Waals surface area contributed by atoms with Gasteiger partial charge in [-0.05, 0) is 20.8 Å². The fourth-order valence-electron chi connectivity index (χ4n) is 1.67. The van der Waals surface area contributed by atoms with Gasteiger partial charge in [-0.25, -0.2) is 4.79 Å². The van der Waals surface area contributed by atoms with Gasteiger partial charge in [0, 0.05) is 6.42 Å². The Kier molecular flexibility index (Phi) is 4.86. The number of carbonyl (C=O) groups is 3. The molecule has 1 amide bonds. The predicted molar refractivity (Wildman–Crippen MR) is 68.3 cm³/mol. The summed E-state index contributed by atoms with van der Waals surface area (Å²) in [5.41, 5.74) is 0.124. The van der Waals surface area contributed by atoms with Crippen LogP contribution in [-0.2, 0) is 9.53 Å². The molecule has 0 saturated heterocycles. The van der Waals surface area contributed by atoms with E-state index in [2.05, 4.69) is 5.32 Å². The number of esters is 1. The van der Waals surface area contributed by atoms with Crippen molar-refractivity contribution < 1.29 is 23.5 Å². The van der Waals surface area contributed by atoms with Crippen LogP contribution in [0, 0.1) is 6.92 Å². The van der Waals surface area contributed by atoms with E-state index in [1.807, 2.05) is 0 Å². The highest BCUT2D eigenvalue weighted by Crippen LogP contribution is 2.28. The molecule has 0 aliphatic heterocycles. The molecule has 0 fully saturated rings. The molecule has 0 saturated carbocycles. The Morgan fingerprint density at radius 3 is 2.32 bits per heavy atom. The number of hydrogen-bond donors (Lipinski definition) is 1. The standard InChI is InChI=1S/C13H17NO5/c1-5-9(16)14-12-11(13(17)18-6-2)10(7(3)15)8(4)19-12/h5-6H2,1-4H3,(H,14,16). The van der Waals surface area contributed by atoms with E-state index in [4.69, 9.17) is 9.15 Å². The maximum atomic E-state index is 11.9. The fraction of sp³-hybridized carbons (Fsp3) is 0.462. The molecule has 1 heterocycles. The van der Waals surface area contributed by atoms with Crippen molar-refractivity contribution >= 4 is 23.5 Å². The molecule has 0 aliphatic rings. The lowest BCUT2D eigenvalue weighted by Gasteiger charge is -2.04. The third kappa shape index (κ3) is 3.21. The quantitative estimate of drug-likeness (QED) is 0.653. The SMILES string of the molecule is CCOC(=O)c1c(NC(=O)CC)oc(C)c1C(C)=O. The third-order valence-corrected chi connectivity index (χ3v) is 2.49. The van der Waals surface area contributed by atoms with E-state index in [1.54, 1.807) is 20.8 Å². The maximum absolute atomic E-state index is 11.9. The van der Waals surface area contributed by atoms with E-state index in [0.717, 1.165) is 0 Å². The number of rotatable bonds is 5. The molecule has 0 spiro atoms. The lowest BCUT2D eigenvalue weighted by Crippen LogP contribution is -2.15. The first-order chi connectivity index (χ1) is 8.92. The van der Waals surface area contributed by atoms with Crippen molar-refractivity contribution in [3.05, 3.63) is 16.9 Å². The van der Waals surface area contributed by atoms with Gasteiger partial charge in [-0.3, -0.25) is 14.9 Å². The number of furan rings is 1. The number of ketones is 1.